The molecule has 5 rings (SSSR count). The number of fused-ring (bicyclic) bond motifs is 4. The first-order valence-electron chi connectivity index (χ1n) is 13.9. The van der Waals surface area contributed by atoms with E-state index < -0.39 is 28.1 Å². The summed E-state index contributed by atoms with van der Waals surface area (Å²) in [4.78, 5) is 13.9. The fourth-order valence-electron chi connectivity index (χ4n) is 9.39. The molecule has 1 spiro atoms. The van der Waals surface area contributed by atoms with Crippen molar-refractivity contribution < 1.29 is 24.9 Å². The van der Waals surface area contributed by atoms with Crippen LogP contribution < -0.4 is 0 Å². The topological polar surface area (TPSA) is 87.0 Å². The van der Waals surface area contributed by atoms with Gasteiger partial charge in [-0.3, -0.25) is 4.79 Å². The van der Waals surface area contributed by atoms with E-state index in [1.54, 1.807) is 6.92 Å². The fraction of sp³-hybridized carbons (Fsp3) is 0.833. The van der Waals surface area contributed by atoms with Gasteiger partial charge in [-0.05, 0) is 92.1 Å². The summed E-state index contributed by atoms with van der Waals surface area (Å²) < 4.78 is 6.07. The smallest absolute Gasteiger partial charge is 0.317 e. The minimum atomic E-state index is -1.43. The molecule has 0 aromatic carbocycles. The van der Waals surface area contributed by atoms with E-state index in [0.29, 0.717) is 37.5 Å². The van der Waals surface area contributed by atoms with Crippen molar-refractivity contribution in [1.29, 1.82) is 0 Å². The van der Waals surface area contributed by atoms with Crippen LogP contribution in [0.4, 0.5) is 0 Å². The molecule has 5 aliphatic rings. The van der Waals surface area contributed by atoms with Crippen molar-refractivity contribution in [3.63, 3.8) is 0 Å². The quantitative estimate of drug-likeness (QED) is 0.483. The average molecular weight is 487 g/mol. The first kappa shape index (κ1) is 25.5. The molecule has 0 unspecified atom stereocenters. The number of hydrogen-bond acceptors (Lipinski definition) is 5. The van der Waals surface area contributed by atoms with Gasteiger partial charge in [0.15, 0.2) is 5.60 Å². The number of cyclic esters (lactones) is 1. The van der Waals surface area contributed by atoms with Crippen LogP contribution in [-0.2, 0) is 9.53 Å². The van der Waals surface area contributed by atoms with E-state index >= 15 is 0 Å². The Morgan fingerprint density at radius 2 is 1.71 bits per heavy atom. The third-order valence-corrected chi connectivity index (χ3v) is 11.9. The molecule has 1 heterocycles. The number of hydrogen-bond donors (Lipinski definition) is 3. The van der Waals surface area contributed by atoms with Gasteiger partial charge in [-0.25, -0.2) is 0 Å². The van der Waals surface area contributed by atoms with Crippen LogP contribution in [0.3, 0.4) is 0 Å². The second kappa shape index (κ2) is 7.45. The monoisotopic (exact) mass is 486 g/mol. The Kier molecular flexibility index (Phi) is 5.42. The van der Waals surface area contributed by atoms with Crippen LogP contribution in [0.15, 0.2) is 23.3 Å². The highest BCUT2D eigenvalue weighted by molar-refractivity contribution is 5.87. The third-order valence-electron chi connectivity index (χ3n) is 11.9. The second-order valence-corrected chi connectivity index (χ2v) is 14.1. The molecule has 8 atom stereocenters. The SMILES string of the molecule is CC(C)CC[C@H](O)[C@@]1(C)OC(=O)[C@]23CC=C4C(=CC[C@@H]5C(C)(C)[C@@H](O)CC[C@]45C)[C@@]2(C)CC[C@@]31O. The Balaban J connectivity index is 1.59. The Labute approximate surface area is 211 Å². The zero-order valence-electron chi connectivity index (χ0n) is 22.8. The number of ether oxygens (including phenoxy) is 1. The summed E-state index contributed by atoms with van der Waals surface area (Å²) in [5, 5.41) is 34.5. The van der Waals surface area contributed by atoms with Crippen molar-refractivity contribution >= 4 is 5.97 Å². The lowest BCUT2D eigenvalue weighted by atomic mass is 9.43. The van der Waals surface area contributed by atoms with Crippen LogP contribution in [-0.4, -0.2) is 44.7 Å². The molecule has 0 amide bonds. The average Bonchev–Trinajstić information content (AvgIpc) is 3.13. The molecule has 5 heteroatoms. The van der Waals surface area contributed by atoms with Crippen molar-refractivity contribution in [2.24, 2.45) is 33.5 Å². The molecule has 0 aromatic heterocycles. The summed E-state index contributed by atoms with van der Waals surface area (Å²) in [6.07, 6.45) is 8.75. The van der Waals surface area contributed by atoms with Crippen LogP contribution in [0.5, 0.6) is 0 Å². The highest BCUT2D eigenvalue weighted by Gasteiger charge is 2.83. The van der Waals surface area contributed by atoms with Gasteiger partial charge in [0.05, 0.1) is 12.2 Å². The molecule has 1 aliphatic heterocycles. The number of esters is 1. The van der Waals surface area contributed by atoms with E-state index in [-0.39, 0.29) is 22.9 Å². The van der Waals surface area contributed by atoms with E-state index in [1.165, 1.54) is 11.1 Å². The van der Waals surface area contributed by atoms with Crippen molar-refractivity contribution in [2.45, 2.75) is 123 Å². The summed E-state index contributed by atoms with van der Waals surface area (Å²) in [6.45, 7) is 14.9. The summed E-state index contributed by atoms with van der Waals surface area (Å²) >= 11 is 0. The maximum Gasteiger partial charge on any atom is 0.317 e. The van der Waals surface area contributed by atoms with Crippen molar-refractivity contribution in [2.75, 3.05) is 0 Å². The van der Waals surface area contributed by atoms with Crippen LogP contribution in [0, 0.1) is 33.5 Å². The largest absolute Gasteiger partial charge is 0.453 e. The standard InChI is InChI=1S/C30H46O5/c1-18(2)8-11-23(32)28(7)30(34)17-16-27(6)20-9-10-21-25(3,4)22(31)13-14-26(21,5)19(20)12-15-29(27,30)24(33)35-28/h9,12,18,21-23,31-32,34H,8,10-11,13-17H2,1-7H3/t21-,22+,23+,26-,27-,28-,29-,30+/m1/s1. The number of aliphatic hydroxyl groups is 3. The van der Waals surface area contributed by atoms with Gasteiger partial charge in [0.1, 0.15) is 11.0 Å². The molecule has 3 fully saturated rings. The van der Waals surface area contributed by atoms with Gasteiger partial charge in [-0.1, -0.05) is 53.7 Å². The van der Waals surface area contributed by atoms with Crippen molar-refractivity contribution in [3.8, 4) is 0 Å². The Morgan fingerprint density at radius 3 is 2.37 bits per heavy atom. The minimum Gasteiger partial charge on any atom is -0.453 e. The van der Waals surface area contributed by atoms with Gasteiger partial charge in [-0.2, -0.15) is 0 Å². The van der Waals surface area contributed by atoms with Crippen LogP contribution in [0.2, 0.25) is 0 Å². The van der Waals surface area contributed by atoms with Crippen LogP contribution in [0.25, 0.3) is 0 Å². The Hall–Kier alpha value is -1.17. The molecule has 35 heavy (non-hydrogen) atoms. The lowest BCUT2D eigenvalue weighted by molar-refractivity contribution is -0.187. The van der Waals surface area contributed by atoms with Crippen LogP contribution in [0.1, 0.15) is 99.8 Å². The van der Waals surface area contributed by atoms with Gasteiger partial charge in [0.2, 0.25) is 0 Å². The predicted molar refractivity (Wildman–Crippen MR) is 135 cm³/mol. The summed E-state index contributed by atoms with van der Waals surface area (Å²) in [5.41, 5.74) is -2.13. The molecular weight excluding hydrogens is 440 g/mol. The summed E-state index contributed by atoms with van der Waals surface area (Å²) in [7, 11) is 0. The Bertz CT molecular complexity index is 995. The lowest BCUT2D eigenvalue weighted by Crippen LogP contribution is -2.64. The van der Waals surface area contributed by atoms with E-state index in [4.69, 9.17) is 4.74 Å². The number of carbonyl (C=O) groups excluding carboxylic acids is 1. The fourth-order valence-corrected chi connectivity index (χ4v) is 9.39. The van der Waals surface area contributed by atoms with Gasteiger partial charge in [-0.15, -0.1) is 0 Å². The van der Waals surface area contributed by atoms with E-state index in [0.717, 1.165) is 25.7 Å². The molecule has 1 saturated heterocycles. The molecule has 2 saturated carbocycles. The maximum atomic E-state index is 13.9. The number of rotatable bonds is 4. The molecular formula is C30H46O5. The highest BCUT2D eigenvalue weighted by atomic mass is 16.6. The number of allylic oxidation sites excluding steroid dienone is 4. The minimum absolute atomic E-state index is 0.0687. The van der Waals surface area contributed by atoms with Crippen molar-refractivity contribution in [1.82, 2.24) is 0 Å². The molecule has 196 valence electrons. The highest BCUT2D eigenvalue weighted by Crippen LogP contribution is 2.76. The molecule has 3 N–H and O–H groups in total. The van der Waals surface area contributed by atoms with Crippen LogP contribution >= 0.6 is 0 Å². The van der Waals surface area contributed by atoms with Gasteiger partial charge < -0.3 is 20.1 Å². The summed E-state index contributed by atoms with van der Waals surface area (Å²) in [5.74, 6) is 0.390. The third kappa shape index (κ3) is 2.79. The molecule has 4 aliphatic carbocycles. The van der Waals surface area contributed by atoms with E-state index in [1.807, 2.05) is 0 Å². The zero-order valence-corrected chi connectivity index (χ0v) is 22.8. The molecule has 0 bridgehead atoms. The van der Waals surface area contributed by atoms with E-state index in [9.17, 15) is 20.1 Å². The Morgan fingerprint density at radius 1 is 1.03 bits per heavy atom. The number of aliphatic hydroxyl groups excluding tert-OH is 2. The second-order valence-electron chi connectivity index (χ2n) is 14.1. The number of carbonyl (C=O) groups is 1. The zero-order chi connectivity index (χ0) is 25.8. The normalized spacial score (nSPS) is 48.8. The van der Waals surface area contributed by atoms with Gasteiger partial charge in [0.25, 0.3) is 0 Å². The molecule has 5 nitrogen and oxygen atoms in total. The van der Waals surface area contributed by atoms with Gasteiger partial charge in [0, 0.05) is 5.41 Å². The molecule has 0 radical (unpaired) electrons. The first-order valence-corrected chi connectivity index (χ1v) is 13.9. The summed E-state index contributed by atoms with van der Waals surface area (Å²) in [6, 6.07) is 0. The predicted octanol–water partition coefficient (Wildman–Crippen LogP) is 5.08. The van der Waals surface area contributed by atoms with Crippen molar-refractivity contribution in [3.05, 3.63) is 23.3 Å². The molecule has 0 aromatic rings. The lowest BCUT2D eigenvalue weighted by Gasteiger charge is -2.60. The first-order chi connectivity index (χ1) is 16.1. The van der Waals surface area contributed by atoms with Gasteiger partial charge >= 0.3 is 5.97 Å². The maximum absolute atomic E-state index is 13.9. The van der Waals surface area contributed by atoms with E-state index in [2.05, 4.69) is 53.7 Å².